The van der Waals surface area contributed by atoms with Gasteiger partial charge in [0.2, 0.25) is 11.0 Å². The molecule has 0 spiro atoms. The van der Waals surface area contributed by atoms with Crippen molar-refractivity contribution in [3.63, 3.8) is 0 Å². The summed E-state index contributed by atoms with van der Waals surface area (Å²) in [4.78, 5) is 12.0. The minimum Gasteiger partial charge on any atom is -0.493 e. The van der Waals surface area contributed by atoms with Gasteiger partial charge in [0, 0.05) is 11.6 Å². The molecule has 2 rings (SSSR count). The van der Waals surface area contributed by atoms with E-state index in [-0.39, 0.29) is 5.91 Å². The van der Waals surface area contributed by atoms with Crippen molar-refractivity contribution < 1.29 is 9.53 Å². The number of hydrogen-bond donors (Lipinski definition) is 1. The third-order valence-electron chi connectivity index (χ3n) is 2.99. The summed E-state index contributed by atoms with van der Waals surface area (Å²) in [6, 6.07) is 7.67. The number of para-hydroxylation sites is 1. The average molecular weight is 364 g/mol. The van der Waals surface area contributed by atoms with E-state index >= 15 is 0 Å². The molecular weight excluding hydrogens is 342 g/mol. The predicted octanol–water partition coefficient (Wildman–Crippen LogP) is 4.48. The maximum Gasteiger partial charge on any atom is 0.250 e. The quantitative estimate of drug-likeness (QED) is 0.308. The van der Waals surface area contributed by atoms with Gasteiger partial charge in [-0.1, -0.05) is 61.6 Å². The third kappa shape index (κ3) is 5.98. The first-order valence-corrected chi connectivity index (χ1v) is 9.70. The molecule has 0 aliphatic heterocycles. The van der Waals surface area contributed by atoms with Crippen molar-refractivity contribution in [2.24, 2.45) is 0 Å². The van der Waals surface area contributed by atoms with Gasteiger partial charge in [-0.25, -0.2) is 0 Å². The molecule has 0 saturated heterocycles. The van der Waals surface area contributed by atoms with Crippen LogP contribution in [0.5, 0.6) is 5.75 Å². The minimum absolute atomic E-state index is 0.234. The number of unbranched alkanes of at least 4 members (excludes halogenated alkanes) is 1. The van der Waals surface area contributed by atoms with Gasteiger partial charge in [0.05, 0.1) is 6.61 Å². The van der Waals surface area contributed by atoms with Crippen LogP contribution in [0.4, 0.5) is 5.13 Å². The van der Waals surface area contributed by atoms with E-state index in [9.17, 15) is 4.79 Å². The zero-order valence-electron chi connectivity index (χ0n) is 13.8. The summed E-state index contributed by atoms with van der Waals surface area (Å²) in [5.74, 6) is 1.48. The molecule has 7 heteroatoms. The lowest BCUT2D eigenvalue weighted by Crippen LogP contribution is -2.07. The van der Waals surface area contributed by atoms with Crippen LogP contribution in [0.15, 0.2) is 34.7 Å². The van der Waals surface area contributed by atoms with Crippen LogP contribution in [0.1, 0.15) is 32.3 Å². The van der Waals surface area contributed by atoms with Crippen molar-refractivity contribution in [2.45, 2.75) is 31.0 Å². The molecule has 1 amide bonds. The van der Waals surface area contributed by atoms with Crippen LogP contribution in [0, 0.1) is 0 Å². The van der Waals surface area contributed by atoms with E-state index in [0.29, 0.717) is 11.7 Å². The Hall–Kier alpha value is -1.86. The van der Waals surface area contributed by atoms with Crippen LogP contribution in [-0.4, -0.2) is 28.5 Å². The third-order valence-corrected chi connectivity index (χ3v) is 4.85. The van der Waals surface area contributed by atoms with Gasteiger partial charge in [0.25, 0.3) is 0 Å². The molecule has 0 aliphatic carbocycles. The molecule has 0 radical (unpaired) electrons. The Bertz CT molecular complexity index is 686. The standard InChI is InChI=1S/C17H21N3O2S2/c1-3-5-12-22-14-9-7-6-8-13(14)10-11-15(21)18-16-19-20-17(24-16)23-4-2/h6-11H,3-5,12H2,1-2H3,(H,18,19,21)/b11-10+. The second-order valence-corrected chi connectivity index (χ2v) is 7.36. The number of aromatic nitrogens is 2. The number of thioether (sulfide) groups is 1. The summed E-state index contributed by atoms with van der Waals surface area (Å²) in [6.07, 6.45) is 5.32. The topological polar surface area (TPSA) is 64.1 Å². The second-order valence-electron chi connectivity index (χ2n) is 4.87. The van der Waals surface area contributed by atoms with Crippen molar-refractivity contribution in [2.75, 3.05) is 17.7 Å². The number of anilines is 1. The Labute approximate surface area is 150 Å². The van der Waals surface area contributed by atoms with Gasteiger partial charge >= 0.3 is 0 Å². The molecule has 1 heterocycles. The molecule has 1 aromatic heterocycles. The van der Waals surface area contributed by atoms with E-state index in [4.69, 9.17) is 4.74 Å². The Morgan fingerprint density at radius 2 is 2.17 bits per heavy atom. The van der Waals surface area contributed by atoms with Gasteiger partial charge in [0.15, 0.2) is 4.34 Å². The molecule has 2 aromatic rings. The molecule has 0 unspecified atom stereocenters. The molecule has 24 heavy (non-hydrogen) atoms. The van der Waals surface area contributed by atoms with Crippen molar-refractivity contribution in [1.29, 1.82) is 0 Å². The highest BCUT2D eigenvalue weighted by Gasteiger charge is 2.06. The molecule has 1 N–H and O–H groups in total. The van der Waals surface area contributed by atoms with E-state index in [1.807, 2.05) is 31.2 Å². The van der Waals surface area contributed by atoms with Gasteiger partial charge in [-0.05, 0) is 24.3 Å². The molecule has 0 atom stereocenters. The van der Waals surface area contributed by atoms with Crippen LogP contribution >= 0.6 is 23.1 Å². The fraction of sp³-hybridized carbons (Fsp3) is 0.353. The summed E-state index contributed by atoms with van der Waals surface area (Å²) in [5, 5.41) is 11.2. The average Bonchev–Trinajstić information content (AvgIpc) is 3.01. The summed E-state index contributed by atoms with van der Waals surface area (Å²) >= 11 is 2.98. The van der Waals surface area contributed by atoms with Crippen molar-refractivity contribution >= 4 is 40.2 Å². The zero-order valence-corrected chi connectivity index (χ0v) is 15.5. The zero-order chi connectivity index (χ0) is 17.2. The predicted molar refractivity (Wildman–Crippen MR) is 101 cm³/mol. The lowest BCUT2D eigenvalue weighted by atomic mass is 10.2. The van der Waals surface area contributed by atoms with Gasteiger partial charge in [-0.3, -0.25) is 10.1 Å². The molecule has 1 aromatic carbocycles. The van der Waals surface area contributed by atoms with Crippen LogP contribution in [0.2, 0.25) is 0 Å². The molecule has 0 saturated carbocycles. The Kier molecular flexibility index (Phi) is 7.77. The highest BCUT2D eigenvalue weighted by atomic mass is 32.2. The van der Waals surface area contributed by atoms with Crippen LogP contribution in [-0.2, 0) is 4.79 Å². The van der Waals surface area contributed by atoms with Gasteiger partial charge in [-0.2, -0.15) is 0 Å². The van der Waals surface area contributed by atoms with Crippen LogP contribution in [0.25, 0.3) is 6.08 Å². The first-order chi connectivity index (χ1) is 11.7. The normalized spacial score (nSPS) is 10.9. The number of rotatable bonds is 9. The summed E-state index contributed by atoms with van der Waals surface area (Å²) in [6.45, 7) is 4.85. The van der Waals surface area contributed by atoms with Crippen LogP contribution < -0.4 is 10.1 Å². The number of ether oxygens (including phenoxy) is 1. The summed E-state index contributed by atoms with van der Waals surface area (Å²) < 4.78 is 6.61. The van der Waals surface area contributed by atoms with Crippen molar-refractivity contribution in [3.8, 4) is 5.75 Å². The van der Waals surface area contributed by atoms with E-state index < -0.39 is 0 Å². The second kappa shape index (κ2) is 10.1. The monoisotopic (exact) mass is 363 g/mol. The minimum atomic E-state index is -0.234. The molecule has 0 bridgehead atoms. The Morgan fingerprint density at radius 1 is 1.33 bits per heavy atom. The maximum absolute atomic E-state index is 12.0. The highest BCUT2D eigenvalue weighted by molar-refractivity contribution is 8.01. The van der Waals surface area contributed by atoms with Gasteiger partial charge < -0.3 is 4.74 Å². The van der Waals surface area contributed by atoms with Crippen molar-refractivity contribution in [3.05, 3.63) is 35.9 Å². The molecule has 128 valence electrons. The molecule has 5 nitrogen and oxygen atoms in total. The van der Waals surface area contributed by atoms with E-state index in [1.165, 1.54) is 17.4 Å². The largest absolute Gasteiger partial charge is 0.493 e. The van der Waals surface area contributed by atoms with E-state index in [1.54, 1.807) is 17.8 Å². The van der Waals surface area contributed by atoms with Gasteiger partial charge in [0.1, 0.15) is 5.75 Å². The number of carbonyl (C=O) groups is 1. The molecular formula is C17H21N3O2S2. The number of benzene rings is 1. The number of nitrogens with zero attached hydrogens (tertiary/aromatic N) is 2. The lowest BCUT2D eigenvalue weighted by Gasteiger charge is -2.08. The van der Waals surface area contributed by atoms with E-state index in [0.717, 1.165) is 34.2 Å². The first-order valence-electron chi connectivity index (χ1n) is 7.90. The van der Waals surface area contributed by atoms with E-state index in [2.05, 4.69) is 22.4 Å². The number of hydrogen-bond acceptors (Lipinski definition) is 6. The fourth-order valence-corrected chi connectivity index (χ4v) is 3.48. The maximum atomic E-state index is 12.0. The number of amides is 1. The lowest BCUT2D eigenvalue weighted by molar-refractivity contribution is -0.111. The number of nitrogens with one attached hydrogen (secondary N) is 1. The summed E-state index contributed by atoms with van der Waals surface area (Å²) in [7, 11) is 0. The number of carbonyl (C=O) groups excluding carboxylic acids is 1. The highest BCUT2D eigenvalue weighted by Crippen LogP contribution is 2.25. The molecule has 0 fully saturated rings. The van der Waals surface area contributed by atoms with Crippen LogP contribution in [0.3, 0.4) is 0 Å². The van der Waals surface area contributed by atoms with Crippen molar-refractivity contribution in [1.82, 2.24) is 10.2 Å². The smallest absolute Gasteiger partial charge is 0.250 e. The Morgan fingerprint density at radius 3 is 2.96 bits per heavy atom. The SMILES string of the molecule is CCCCOc1ccccc1/C=C/C(=O)Nc1nnc(SCC)s1. The van der Waals surface area contributed by atoms with Gasteiger partial charge in [-0.15, -0.1) is 10.2 Å². The molecule has 0 aliphatic rings. The fourth-order valence-electron chi connectivity index (χ4n) is 1.83. The first kappa shape index (κ1) is 18.5. The Balaban J connectivity index is 1.95. The summed E-state index contributed by atoms with van der Waals surface area (Å²) in [5.41, 5.74) is 0.878.